The molecule has 1 atom stereocenters. The first-order chi connectivity index (χ1) is 10.1. The average Bonchev–Trinajstić information content (AvgIpc) is 3.28. The molecule has 4 heteroatoms. The highest BCUT2D eigenvalue weighted by Gasteiger charge is 2.22. The minimum atomic E-state index is -1.12. The van der Waals surface area contributed by atoms with Gasteiger partial charge in [-0.1, -0.05) is 29.9 Å². The van der Waals surface area contributed by atoms with E-state index in [1.54, 1.807) is 0 Å². The van der Waals surface area contributed by atoms with Crippen LogP contribution in [0.5, 0.6) is 5.75 Å². The fourth-order valence-electron chi connectivity index (χ4n) is 1.99. The SMILES string of the molecule is CCCC[S@+]([O-])/N=C(\C)c1ccc(C)c(OCC2CC2)c1. The summed E-state index contributed by atoms with van der Waals surface area (Å²) in [4.78, 5) is 0. The zero-order valence-electron chi connectivity index (χ0n) is 13.2. The minimum Gasteiger partial charge on any atom is -0.591 e. The van der Waals surface area contributed by atoms with Gasteiger partial charge in [-0.05, 0) is 50.7 Å². The zero-order chi connectivity index (χ0) is 15.2. The quantitative estimate of drug-likeness (QED) is 0.537. The summed E-state index contributed by atoms with van der Waals surface area (Å²) in [5.74, 6) is 2.31. The molecule has 0 heterocycles. The Labute approximate surface area is 131 Å². The summed E-state index contributed by atoms with van der Waals surface area (Å²) in [6, 6.07) is 6.09. The Morgan fingerprint density at radius 2 is 2.19 bits per heavy atom. The number of rotatable bonds is 8. The van der Waals surface area contributed by atoms with Crippen LogP contribution in [0.2, 0.25) is 0 Å². The first kappa shape index (κ1) is 16.4. The number of nitrogens with zero attached hydrogens (tertiary/aromatic N) is 1. The van der Waals surface area contributed by atoms with Crippen LogP contribution < -0.4 is 4.74 Å². The van der Waals surface area contributed by atoms with Gasteiger partial charge in [-0.3, -0.25) is 0 Å². The molecule has 3 nitrogen and oxygen atoms in total. The van der Waals surface area contributed by atoms with Gasteiger partial charge in [0.1, 0.15) is 11.5 Å². The lowest BCUT2D eigenvalue weighted by molar-refractivity contribution is 0.298. The Morgan fingerprint density at radius 3 is 2.86 bits per heavy atom. The molecular weight excluding hydrogens is 282 g/mol. The van der Waals surface area contributed by atoms with Crippen molar-refractivity contribution in [2.45, 2.75) is 46.5 Å². The van der Waals surface area contributed by atoms with E-state index < -0.39 is 11.4 Å². The van der Waals surface area contributed by atoms with E-state index in [1.807, 2.05) is 25.1 Å². The van der Waals surface area contributed by atoms with E-state index in [2.05, 4.69) is 18.2 Å². The highest BCUT2D eigenvalue weighted by Crippen LogP contribution is 2.30. The summed E-state index contributed by atoms with van der Waals surface area (Å²) in [7, 11) is 0. The lowest BCUT2D eigenvalue weighted by Gasteiger charge is -2.11. The second-order valence-electron chi connectivity index (χ2n) is 5.79. The summed E-state index contributed by atoms with van der Waals surface area (Å²) in [6.45, 7) is 6.87. The first-order valence-electron chi connectivity index (χ1n) is 7.77. The third kappa shape index (κ3) is 5.36. The van der Waals surface area contributed by atoms with Gasteiger partial charge >= 0.3 is 0 Å². The van der Waals surface area contributed by atoms with Crippen molar-refractivity contribution in [1.82, 2.24) is 0 Å². The van der Waals surface area contributed by atoms with E-state index in [1.165, 1.54) is 12.8 Å². The molecule has 1 fully saturated rings. The van der Waals surface area contributed by atoms with Gasteiger partial charge in [-0.2, -0.15) is 0 Å². The van der Waals surface area contributed by atoms with Gasteiger partial charge in [-0.15, -0.1) is 0 Å². The standard InChI is InChI=1S/C17H25NO2S/c1-4-5-10-21(19)18-14(3)16-9-6-13(2)17(11-16)20-12-15-7-8-15/h6,9,11,15H,4-5,7-8,10,12H2,1-3H3/b18-14+/t21-/m0/s1. The van der Waals surface area contributed by atoms with Gasteiger partial charge in [0.25, 0.3) is 0 Å². The first-order valence-corrected chi connectivity index (χ1v) is 9.05. The largest absolute Gasteiger partial charge is 0.591 e. The Hall–Kier alpha value is -1.00. The Balaban J connectivity index is 2.03. The van der Waals surface area contributed by atoms with E-state index in [0.29, 0.717) is 5.75 Å². The van der Waals surface area contributed by atoms with Crippen molar-refractivity contribution < 1.29 is 9.29 Å². The lowest BCUT2D eigenvalue weighted by atomic mass is 10.1. The van der Waals surface area contributed by atoms with Crippen molar-refractivity contribution in [3.05, 3.63) is 29.3 Å². The van der Waals surface area contributed by atoms with Gasteiger partial charge in [0.05, 0.1) is 23.7 Å². The van der Waals surface area contributed by atoms with Crippen molar-refractivity contribution in [3.8, 4) is 5.75 Å². The summed E-state index contributed by atoms with van der Waals surface area (Å²) in [5.41, 5.74) is 2.95. The van der Waals surface area contributed by atoms with Crippen LogP contribution in [0.4, 0.5) is 0 Å². The molecule has 116 valence electrons. The van der Waals surface area contributed by atoms with Crippen LogP contribution in [0.1, 0.15) is 50.7 Å². The smallest absolute Gasteiger partial charge is 0.133 e. The van der Waals surface area contributed by atoms with Crippen LogP contribution in [-0.2, 0) is 11.4 Å². The maximum atomic E-state index is 11.9. The van der Waals surface area contributed by atoms with Crippen LogP contribution in [0.25, 0.3) is 0 Å². The molecule has 0 aliphatic heterocycles. The van der Waals surface area contributed by atoms with Crippen LogP contribution in [0.3, 0.4) is 0 Å². The maximum absolute atomic E-state index is 11.9. The van der Waals surface area contributed by atoms with Crippen molar-refractivity contribution in [2.24, 2.45) is 10.3 Å². The summed E-state index contributed by atoms with van der Waals surface area (Å²) in [5, 5.41) is 0. The number of unbranched alkanes of at least 4 members (excludes halogenated alkanes) is 1. The monoisotopic (exact) mass is 307 g/mol. The Morgan fingerprint density at radius 1 is 1.43 bits per heavy atom. The number of ether oxygens (including phenoxy) is 1. The van der Waals surface area contributed by atoms with E-state index in [-0.39, 0.29) is 0 Å². The Kier molecular flexibility index (Phi) is 6.12. The highest BCUT2D eigenvalue weighted by atomic mass is 32.2. The number of aryl methyl sites for hydroxylation is 1. The molecule has 0 bridgehead atoms. The molecule has 1 aromatic rings. The van der Waals surface area contributed by atoms with Crippen LogP contribution in [-0.4, -0.2) is 22.6 Å². The number of benzene rings is 1. The second kappa shape index (κ2) is 7.85. The molecule has 0 saturated heterocycles. The van der Waals surface area contributed by atoms with Crippen molar-refractivity contribution in [1.29, 1.82) is 0 Å². The van der Waals surface area contributed by atoms with Crippen LogP contribution in [0, 0.1) is 12.8 Å². The topological polar surface area (TPSA) is 44.7 Å². The summed E-state index contributed by atoms with van der Waals surface area (Å²) < 4.78 is 22.0. The third-order valence-corrected chi connectivity index (χ3v) is 4.80. The third-order valence-electron chi connectivity index (χ3n) is 3.69. The summed E-state index contributed by atoms with van der Waals surface area (Å²) in [6.07, 6.45) is 4.57. The molecule has 0 N–H and O–H groups in total. The van der Waals surface area contributed by atoms with Gasteiger partial charge in [0, 0.05) is 5.56 Å². The van der Waals surface area contributed by atoms with E-state index >= 15 is 0 Å². The average molecular weight is 307 g/mol. The molecular formula is C17H25NO2S. The lowest BCUT2D eigenvalue weighted by Crippen LogP contribution is -2.07. The van der Waals surface area contributed by atoms with E-state index in [0.717, 1.165) is 48.0 Å². The maximum Gasteiger partial charge on any atom is 0.133 e. The van der Waals surface area contributed by atoms with Gasteiger partial charge < -0.3 is 9.29 Å². The van der Waals surface area contributed by atoms with Crippen LogP contribution >= 0.6 is 0 Å². The van der Waals surface area contributed by atoms with E-state index in [9.17, 15) is 4.55 Å². The number of hydrogen-bond donors (Lipinski definition) is 0. The molecule has 0 unspecified atom stereocenters. The van der Waals surface area contributed by atoms with Gasteiger partial charge in [0.15, 0.2) is 0 Å². The van der Waals surface area contributed by atoms with E-state index in [4.69, 9.17) is 4.74 Å². The zero-order valence-corrected chi connectivity index (χ0v) is 14.0. The molecule has 21 heavy (non-hydrogen) atoms. The molecule has 0 amide bonds. The Bertz CT molecular complexity index is 498. The molecule has 1 saturated carbocycles. The minimum absolute atomic E-state index is 0.644. The molecule has 1 aliphatic carbocycles. The highest BCUT2D eigenvalue weighted by molar-refractivity contribution is 7.90. The normalized spacial score (nSPS) is 16.9. The fourth-order valence-corrected chi connectivity index (χ4v) is 3.03. The van der Waals surface area contributed by atoms with Crippen molar-refractivity contribution >= 4 is 17.1 Å². The molecule has 1 aromatic carbocycles. The second-order valence-corrected chi connectivity index (χ2v) is 7.02. The van der Waals surface area contributed by atoms with Gasteiger partial charge in [-0.25, -0.2) is 0 Å². The van der Waals surface area contributed by atoms with Crippen LogP contribution in [0.15, 0.2) is 22.6 Å². The predicted octanol–water partition coefficient (Wildman–Crippen LogP) is 4.06. The molecule has 1 aliphatic rings. The predicted molar refractivity (Wildman–Crippen MR) is 89.5 cm³/mol. The van der Waals surface area contributed by atoms with Crippen molar-refractivity contribution in [3.63, 3.8) is 0 Å². The molecule has 0 radical (unpaired) electrons. The molecule has 0 aromatic heterocycles. The molecule has 0 spiro atoms. The molecule has 2 rings (SSSR count). The fraction of sp³-hybridized carbons (Fsp3) is 0.588. The van der Waals surface area contributed by atoms with Crippen molar-refractivity contribution in [2.75, 3.05) is 12.4 Å². The number of hydrogen-bond acceptors (Lipinski definition) is 3. The van der Waals surface area contributed by atoms with Gasteiger partial charge in [0.2, 0.25) is 0 Å². The summed E-state index contributed by atoms with van der Waals surface area (Å²) >= 11 is -1.12.